The van der Waals surface area contributed by atoms with E-state index in [1.807, 2.05) is 19.1 Å². The standard InChI is InChI=1S/C14H21FN2O/c1-10-3-4-12(7-13(10)15)8-17-5-6-18-14(9-17)11(2)16/h3-4,7,11,14H,5-6,8-9,16H2,1-2H3. The minimum atomic E-state index is -0.135. The van der Waals surface area contributed by atoms with Crippen LogP contribution in [0.15, 0.2) is 18.2 Å². The van der Waals surface area contributed by atoms with Crippen LogP contribution < -0.4 is 5.73 Å². The molecule has 0 bridgehead atoms. The fourth-order valence-electron chi connectivity index (χ4n) is 2.19. The number of benzene rings is 1. The zero-order chi connectivity index (χ0) is 13.1. The topological polar surface area (TPSA) is 38.5 Å². The molecule has 0 spiro atoms. The van der Waals surface area contributed by atoms with Crippen molar-refractivity contribution in [1.29, 1.82) is 0 Å². The molecule has 2 unspecified atom stereocenters. The van der Waals surface area contributed by atoms with E-state index < -0.39 is 0 Å². The fraction of sp³-hybridized carbons (Fsp3) is 0.571. The molecular formula is C14H21FN2O. The molecule has 4 heteroatoms. The highest BCUT2D eigenvalue weighted by Gasteiger charge is 2.23. The quantitative estimate of drug-likeness (QED) is 0.889. The second kappa shape index (κ2) is 5.78. The van der Waals surface area contributed by atoms with Crippen molar-refractivity contribution in [3.8, 4) is 0 Å². The Morgan fingerprint density at radius 1 is 1.56 bits per heavy atom. The molecule has 2 atom stereocenters. The van der Waals surface area contributed by atoms with Gasteiger partial charge in [-0.3, -0.25) is 4.90 Å². The van der Waals surface area contributed by atoms with E-state index in [1.165, 1.54) is 0 Å². The van der Waals surface area contributed by atoms with E-state index in [4.69, 9.17) is 10.5 Å². The van der Waals surface area contributed by atoms with E-state index >= 15 is 0 Å². The van der Waals surface area contributed by atoms with E-state index in [9.17, 15) is 4.39 Å². The molecule has 3 nitrogen and oxygen atoms in total. The summed E-state index contributed by atoms with van der Waals surface area (Å²) in [6, 6.07) is 5.46. The molecule has 1 aromatic rings. The number of nitrogens with two attached hydrogens (primary N) is 1. The van der Waals surface area contributed by atoms with Gasteiger partial charge in [0.05, 0.1) is 12.7 Å². The van der Waals surface area contributed by atoms with Gasteiger partial charge in [-0.25, -0.2) is 4.39 Å². The average Bonchev–Trinajstić information content (AvgIpc) is 2.34. The molecule has 1 aromatic carbocycles. The van der Waals surface area contributed by atoms with Gasteiger partial charge in [-0.1, -0.05) is 12.1 Å². The van der Waals surface area contributed by atoms with Crippen LogP contribution in [0.25, 0.3) is 0 Å². The van der Waals surface area contributed by atoms with Crippen molar-refractivity contribution in [3.63, 3.8) is 0 Å². The molecule has 0 aromatic heterocycles. The zero-order valence-corrected chi connectivity index (χ0v) is 11.0. The van der Waals surface area contributed by atoms with Gasteiger partial charge in [-0.2, -0.15) is 0 Å². The Morgan fingerprint density at radius 2 is 2.33 bits per heavy atom. The number of hydrogen-bond donors (Lipinski definition) is 1. The van der Waals surface area contributed by atoms with E-state index in [2.05, 4.69) is 4.90 Å². The first-order valence-electron chi connectivity index (χ1n) is 6.41. The number of nitrogens with zero attached hydrogens (tertiary/aromatic N) is 1. The minimum absolute atomic E-state index is 0.0301. The predicted octanol–water partition coefficient (Wildman–Crippen LogP) is 1.68. The maximum absolute atomic E-state index is 13.5. The van der Waals surface area contributed by atoms with Crippen LogP contribution in [0.3, 0.4) is 0 Å². The van der Waals surface area contributed by atoms with Gasteiger partial charge in [0.15, 0.2) is 0 Å². The number of aryl methyl sites for hydroxylation is 1. The lowest BCUT2D eigenvalue weighted by Gasteiger charge is -2.34. The third kappa shape index (κ3) is 3.28. The molecule has 1 heterocycles. The molecule has 18 heavy (non-hydrogen) atoms. The van der Waals surface area contributed by atoms with Crippen LogP contribution in [0.4, 0.5) is 4.39 Å². The van der Waals surface area contributed by atoms with Crippen LogP contribution in [-0.2, 0) is 11.3 Å². The molecule has 2 rings (SSSR count). The highest BCUT2D eigenvalue weighted by molar-refractivity contribution is 5.23. The van der Waals surface area contributed by atoms with Crippen LogP contribution in [0.1, 0.15) is 18.1 Å². The number of ether oxygens (including phenoxy) is 1. The van der Waals surface area contributed by atoms with Crippen LogP contribution in [-0.4, -0.2) is 36.7 Å². The summed E-state index contributed by atoms with van der Waals surface area (Å²) < 4.78 is 19.1. The lowest BCUT2D eigenvalue weighted by molar-refractivity contribution is -0.0403. The van der Waals surface area contributed by atoms with Gasteiger partial charge in [-0.15, -0.1) is 0 Å². The first kappa shape index (κ1) is 13.5. The number of rotatable bonds is 3. The normalized spacial score (nSPS) is 23.0. The van der Waals surface area contributed by atoms with Crippen molar-refractivity contribution >= 4 is 0 Å². The maximum atomic E-state index is 13.5. The molecule has 1 aliphatic heterocycles. The second-order valence-corrected chi connectivity index (χ2v) is 5.09. The fourth-order valence-corrected chi connectivity index (χ4v) is 2.19. The van der Waals surface area contributed by atoms with Crippen molar-refractivity contribution in [2.45, 2.75) is 32.5 Å². The van der Waals surface area contributed by atoms with E-state index in [0.717, 1.165) is 25.2 Å². The number of halogens is 1. The number of hydrogen-bond acceptors (Lipinski definition) is 3. The molecule has 2 N–H and O–H groups in total. The SMILES string of the molecule is Cc1ccc(CN2CCOC(C(C)N)C2)cc1F. The summed E-state index contributed by atoms with van der Waals surface area (Å²) in [7, 11) is 0. The maximum Gasteiger partial charge on any atom is 0.126 e. The lowest BCUT2D eigenvalue weighted by Crippen LogP contribution is -2.49. The highest BCUT2D eigenvalue weighted by Crippen LogP contribution is 2.14. The molecular weight excluding hydrogens is 231 g/mol. The first-order chi connectivity index (χ1) is 8.56. The summed E-state index contributed by atoms with van der Waals surface area (Å²) in [6.45, 7) is 6.87. The predicted molar refractivity (Wildman–Crippen MR) is 69.8 cm³/mol. The Morgan fingerprint density at radius 3 is 3.00 bits per heavy atom. The Hall–Kier alpha value is -0.970. The molecule has 1 saturated heterocycles. The summed E-state index contributed by atoms with van der Waals surface area (Å²) in [5.41, 5.74) is 7.55. The molecule has 0 radical (unpaired) electrons. The monoisotopic (exact) mass is 252 g/mol. The van der Waals surface area contributed by atoms with Crippen LogP contribution in [0.2, 0.25) is 0 Å². The zero-order valence-electron chi connectivity index (χ0n) is 11.0. The van der Waals surface area contributed by atoms with Gasteiger partial charge in [0.1, 0.15) is 5.82 Å². The Kier molecular flexibility index (Phi) is 4.32. The average molecular weight is 252 g/mol. The minimum Gasteiger partial charge on any atom is -0.374 e. The third-order valence-electron chi connectivity index (χ3n) is 3.41. The molecule has 100 valence electrons. The van der Waals surface area contributed by atoms with Gasteiger partial charge in [-0.05, 0) is 31.0 Å². The van der Waals surface area contributed by atoms with Gasteiger partial charge in [0.2, 0.25) is 0 Å². The summed E-state index contributed by atoms with van der Waals surface area (Å²) in [5, 5.41) is 0. The Labute approximate surface area is 108 Å². The van der Waals surface area contributed by atoms with Gasteiger partial charge >= 0.3 is 0 Å². The largest absolute Gasteiger partial charge is 0.374 e. The van der Waals surface area contributed by atoms with Crippen molar-refractivity contribution < 1.29 is 9.13 Å². The Balaban J connectivity index is 1.98. The molecule has 0 aliphatic carbocycles. The second-order valence-electron chi connectivity index (χ2n) is 5.09. The molecule has 0 amide bonds. The smallest absolute Gasteiger partial charge is 0.126 e. The van der Waals surface area contributed by atoms with Crippen LogP contribution >= 0.6 is 0 Å². The molecule has 1 fully saturated rings. The van der Waals surface area contributed by atoms with Gasteiger partial charge in [0.25, 0.3) is 0 Å². The third-order valence-corrected chi connectivity index (χ3v) is 3.41. The van der Waals surface area contributed by atoms with Crippen molar-refractivity contribution in [3.05, 3.63) is 35.1 Å². The Bertz CT molecular complexity index is 409. The summed E-state index contributed by atoms with van der Waals surface area (Å²) in [4.78, 5) is 2.27. The molecule has 1 aliphatic rings. The van der Waals surface area contributed by atoms with Crippen molar-refractivity contribution in [1.82, 2.24) is 4.90 Å². The van der Waals surface area contributed by atoms with Crippen LogP contribution in [0, 0.1) is 12.7 Å². The van der Waals surface area contributed by atoms with Gasteiger partial charge < -0.3 is 10.5 Å². The van der Waals surface area contributed by atoms with Crippen molar-refractivity contribution in [2.75, 3.05) is 19.7 Å². The van der Waals surface area contributed by atoms with Crippen molar-refractivity contribution in [2.24, 2.45) is 5.73 Å². The lowest BCUT2D eigenvalue weighted by atomic mass is 10.1. The summed E-state index contributed by atoms with van der Waals surface area (Å²) >= 11 is 0. The number of morpholine rings is 1. The first-order valence-corrected chi connectivity index (χ1v) is 6.41. The van der Waals surface area contributed by atoms with Gasteiger partial charge in [0, 0.05) is 25.7 Å². The van der Waals surface area contributed by atoms with E-state index in [-0.39, 0.29) is 18.0 Å². The van der Waals surface area contributed by atoms with E-state index in [0.29, 0.717) is 12.2 Å². The van der Waals surface area contributed by atoms with E-state index in [1.54, 1.807) is 13.0 Å². The van der Waals surface area contributed by atoms with Crippen LogP contribution in [0.5, 0.6) is 0 Å². The summed E-state index contributed by atoms with van der Waals surface area (Å²) in [5.74, 6) is -0.135. The molecule has 0 saturated carbocycles. The summed E-state index contributed by atoms with van der Waals surface area (Å²) in [6.07, 6.45) is 0.0778. The highest BCUT2D eigenvalue weighted by atomic mass is 19.1.